The lowest BCUT2D eigenvalue weighted by atomic mass is 10.2. The first kappa shape index (κ1) is 6.91. The zero-order valence-corrected chi connectivity index (χ0v) is 6.15. The molecule has 2 rings (SSSR count). The summed E-state index contributed by atoms with van der Waals surface area (Å²) in [5.74, 6) is -0.571. The highest BCUT2D eigenvalue weighted by Gasteiger charge is 2.04. The van der Waals surface area contributed by atoms with Crippen molar-refractivity contribution in [2.75, 3.05) is 0 Å². The van der Waals surface area contributed by atoms with Crippen LogP contribution in [-0.2, 0) is 0 Å². The number of aromatic nitrogens is 1. The number of nitrogens with zero attached hydrogens (tertiary/aromatic N) is 1. The Labute approximate surface area is 68.9 Å². The van der Waals surface area contributed by atoms with Gasteiger partial charge in [0.15, 0.2) is 5.75 Å². The molecule has 1 aromatic heterocycles. The molecular weight excluding hydrogens is 154 g/mol. The van der Waals surface area contributed by atoms with Crippen LogP contribution in [0.4, 0.5) is 0 Å². The molecule has 2 aromatic rings. The number of rotatable bonds is 0. The van der Waals surface area contributed by atoms with Crippen molar-refractivity contribution in [3.63, 3.8) is 0 Å². The summed E-state index contributed by atoms with van der Waals surface area (Å²) in [5, 5.41) is 19.6. The van der Waals surface area contributed by atoms with Crippen molar-refractivity contribution >= 4 is 10.8 Å². The molecule has 0 atom stereocenters. The fraction of sp³-hybridized carbons (Fsp3) is 0. The monoisotopic (exact) mass is 160 g/mol. The minimum Gasteiger partial charge on any atom is -0.503 e. The molecule has 59 valence electrons. The average Bonchev–Trinajstić information content (AvgIpc) is 2.12. The summed E-state index contributed by atoms with van der Waals surface area (Å²) in [6.07, 6.45) is 2.60. The van der Waals surface area contributed by atoms with E-state index in [2.05, 4.69) is 11.2 Å². The maximum absolute atomic E-state index is 9.33. The normalized spacial score (nSPS) is 10.3. The van der Waals surface area contributed by atoms with Crippen molar-refractivity contribution in [2.24, 2.45) is 0 Å². The second-order valence-electron chi connectivity index (χ2n) is 2.44. The molecule has 0 amide bonds. The Balaban J connectivity index is 2.91. The van der Waals surface area contributed by atoms with Crippen LogP contribution in [0, 0.1) is 6.20 Å². The molecule has 1 heterocycles. The molecule has 12 heavy (non-hydrogen) atoms. The molecule has 0 aliphatic rings. The van der Waals surface area contributed by atoms with Crippen LogP contribution in [0.5, 0.6) is 11.6 Å². The average molecular weight is 160 g/mol. The van der Waals surface area contributed by atoms with Crippen molar-refractivity contribution in [1.29, 1.82) is 0 Å². The molecule has 2 N–H and O–H groups in total. The van der Waals surface area contributed by atoms with E-state index in [9.17, 15) is 5.11 Å². The summed E-state index contributed by atoms with van der Waals surface area (Å²) in [7, 11) is 0. The predicted molar refractivity (Wildman–Crippen MR) is 43.9 cm³/mol. The van der Waals surface area contributed by atoms with E-state index < -0.39 is 0 Å². The highest BCUT2D eigenvalue weighted by atomic mass is 16.3. The van der Waals surface area contributed by atoms with E-state index in [4.69, 9.17) is 5.11 Å². The van der Waals surface area contributed by atoms with Gasteiger partial charge >= 0.3 is 0 Å². The Morgan fingerprint density at radius 2 is 1.92 bits per heavy atom. The third kappa shape index (κ3) is 0.871. The first-order valence-corrected chi connectivity index (χ1v) is 3.47. The van der Waals surface area contributed by atoms with Crippen LogP contribution >= 0.6 is 0 Å². The van der Waals surface area contributed by atoms with Gasteiger partial charge in [0.1, 0.15) is 6.20 Å². The first-order chi connectivity index (χ1) is 5.79. The van der Waals surface area contributed by atoms with E-state index >= 15 is 0 Å². The van der Waals surface area contributed by atoms with Crippen LogP contribution in [0.1, 0.15) is 0 Å². The number of benzene rings is 1. The molecule has 3 heteroatoms. The molecular formula is C9H6NO2. The van der Waals surface area contributed by atoms with Crippen molar-refractivity contribution in [2.45, 2.75) is 0 Å². The van der Waals surface area contributed by atoms with Crippen LogP contribution in [0.25, 0.3) is 10.8 Å². The number of fused-ring (bicyclic) bond motifs is 1. The third-order valence-corrected chi connectivity index (χ3v) is 1.68. The van der Waals surface area contributed by atoms with E-state index in [1.165, 1.54) is 0 Å². The quantitative estimate of drug-likeness (QED) is 0.613. The van der Waals surface area contributed by atoms with Crippen molar-refractivity contribution in [1.82, 2.24) is 4.98 Å². The van der Waals surface area contributed by atoms with Crippen LogP contribution < -0.4 is 0 Å². The van der Waals surface area contributed by atoms with Crippen LogP contribution in [-0.4, -0.2) is 15.2 Å². The van der Waals surface area contributed by atoms with Gasteiger partial charge in [-0.25, -0.2) is 4.98 Å². The van der Waals surface area contributed by atoms with Gasteiger partial charge < -0.3 is 10.2 Å². The highest BCUT2D eigenvalue weighted by molar-refractivity contribution is 5.88. The molecule has 0 bridgehead atoms. The Bertz CT molecular complexity index is 426. The Morgan fingerprint density at radius 3 is 2.75 bits per heavy atom. The van der Waals surface area contributed by atoms with Gasteiger partial charge in [0.25, 0.3) is 5.88 Å². The van der Waals surface area contributed by atoms with Gasteiger partial charge in [0.2, 0.25) is 0 Å². The lowest BCUT2D eigenvalue weighted by Crippen LogP contribution is -1.79. The lowest BCUT2D eigenvalue weighted by molar-refractivity contribution is 0.393. The van der Waals surface area contributed by atoms with Gasteiger partial charge in [-0.1, -0.05) is 24.3 Å². The molecule has 1 radical (unpaired) electrons. The molecule has 3 nitrogen and oxygen atoms in total. The zero-order chi connectivity index (χ0) is 8.55. The fourth-order valence-electron chi connectivity index (χ4n) is 1.07. The topological polar surface area (TPSA) is 53.4 Å². The predicted octanol–water partition coefficient (Wildman–Crippen LogP) is 1.45. The first-order valence-electron chi connectivity index (χ1n) is 3.47. The summed E-state index contributed by atoms with van der Waals surface area (Å²) in [5.41, 5.74) is 0. The van der Waals surface area contributed by atoms with E-state index in [0.29, 0.717) is 10.8 Å². The fourth-order valence-corrected chi connectivity index (χ4v) is 1.07. The Morgan fingerprint density at radius 1 is 1.17 bits per heavy atom. The van der Waals surface area contributed by atoms with Crippen molar-refractivity contribution in [3.05, 3.63) is 30.5 Å². The van der Waals surface area contributed by atoms with Crippen molar-refractivity contribution < 1.29 is 10.2 Å². The molecule has 0 aliphatic heterocycles. The second kappa shape index (κ2) is 2.37. The minimum atomic E-state index is -0.381. The third-order valence-electron chi connectivity index (χ3n) is 1.68. The van der Waals surface area contributed by atoms with Crippen LogP contribution in [0.2, 0.25) is 0 Å². The van der Waals surface area contributed by atoms with Crippen molar-refractivity contribution in [3.8, 4) is 11.6 Å². The largest absolute Gasteiger partial charge is 0.503 e. The molecule has 0 spiro atoms. The van der Waals surface area contributed by atoms with Gasteiger partial charge in [-0.3, -0.25) is 0 Å². The van der Waals surface area contributed by atoms with Crippen LogP contribution in [0.15, 0.2) is 24.3 Å². The molecule has 0 saturated carbocycles. The Hall–Kier alpha value is -1.77. The summed E-state index contributed by atoms with van der Waals surface area (Å²) in [4.78, 5) is 3.49. The smallest absolute Gasteiger partial charge is 0.255 e. The van der Waals surface area contributed by atoms with E-state index in [1.54, 1.807) is 18.2 Å². The van der Waals surface area contributed by atoms with Gasteiger partial charge in [0, 0.05) is 10.8 Å². The molecule has 0 aliphatic carbocycles. The minimum absolute atomic E-state index is 0.190. The van der Waals surface area contributed by atoms with Crippen LogP contribution in [0.3, 0.4) is 0 Å². The molecule has 0 fully saturated rings. The summed E-state index contributed by atoms with van der Waals surface area (Å²) in [6, 6.07) is 7.05. The second-order valence-corrected chi connectivity index (χ2v) is 2.44. The zero-order valence-electron chi connectivity index (χ0n) is 6.15. The molecule has 0 saturated heterocycles. The number of hydrogen-bond donors (Lipinski definition) is 2. The summed E-state index contributed by atoms with van der Waals surface area (Å²) >= 11 is 0. The lowest BCUT2D eigenvalue weighted by Gasteiger charge is -1.99. The maximum atomic E-state index is 9.33. The molecule has 0 unspecified atom stereocenters. The summed E-state index contributed by atoms with van der Waals surface area (Å²) < 4.78 is 0. The standard InChI is InChI=1S/C9H6NO2/c11-8-7-4-2-1-3-6(7)5-10-9(8)12/h1-4,11H,(H,10,12). The van der Waals surface area contributed by atoms with Gasteiger partial charge in [-0.05, 0) is 0 Å². The van der Waals surface area contributed by atoms with E-state index in [-0.39, 0.29) is 11.6 Å². The molecule has 1 aromatic carbocycles. The maximum Gasteiger partial charge on any atom is 0.255 e. The number of aromatic hydroxyl groups is 2. The SMILES string of the molecule is Oc1n[c]c2ccccc2c1O. The summed E-state index contributed by atoms with van der Waals surface area (Å²) in [6.45, 7) is 0. The van der Waals surface area contributed by atoms with Gasteiger partial charge in [-0.2, -0.15) is 0 Å². The number of pyridine rings is 1. The van der Waals surface area contributed by atoms with Gasteiger partial charge in [-0.15, -0.1) is 0 Å². The number of hydrogen-bond acceptors (Lipinski definition) is 3. The van der Waals surface area contributed by atoms with E-state index in [0.717, 1.165) is 0 Å². The van der Waals surface area contributed by atoms with E-state index in [1.807, 2.05) is 6.07 Å². The van der Waals surface area contributed by atoms with Gasteiger partial charge in [0.05, 0.1) is 0 Å². The Kier molecular flexibility index (Phi) is 1.37. The highest BCUT2D eigenvalue weighted by Crippen LogP contribution is 2.29.